The Bertz CT molecular complexity index is 207. The highest BCUT2D eigenvalue weighted by atomic mass is 15.7. The highest BCUT2D eigenvalue weighted by Gasteiger charge is 2.05. The molecule has 11 heavy (non-hydrogen) atoms. The van der Waals surface area contributed by atoms with Gasteiger partial charge in [0.05, 0.1) is 0 Å². The lowest BCUT2D eigenvalue weighted by molar-refractivity contribution is 0.673. The van der Waals surface area contributed by atoms with E-state index in [9.17, 15) is 0 Å². The first-order valence-corrected chi connectivity index (χ1v) is 3.32. The molecule has 0 unspecified atom stereocenters. The average molecular weight is 156 g/mol. The molecule has 6 heteroatoms. The van der Waals surface area contributed by atoms with Gasteiger partial charge >= 0.3 is 0 Å². The van der Waals surface area contributed by atoms with Crippen LogP contribution in [0.4, 0.5) is 11.6 Å². The highest BCUT2D eigenvalue weighted by Crippen LogP contribution is 2.12. The molecule has 0 aliphatic carbocycles. The van der Waals surface area contributed by atoms with Gasteiger partial charge in [0.1, 0.15) is 0 Å². The monoisotopic (exact) mass is 156 g/mol. The van der Waals surface area contributed by atoms with Crippen molar-refractivity contribution in [3.63, 3.8) is 0 Å². The molecule has 0 fully saturated rings. The smallest absolute Gasteiger partial charge is 0.194 e. The van der Waals surface area contributed by atoms with Crippen LogP contribution in [0.5, 0.6) is 0 Å². The van der Waals surface area contributed by atoms with Gasteiger partial charge < -0.3 is 10.6 Å². The summed E-state index contributed by atoms with van der Waals surface area (Å²) in [5, 5.41) is 13.9. The normalized spacial score (nSPS) is 9.36. The van der Waals surface area contributed by atoms with Crippen molar-refractivity contribution in [2.24, 2.45) is 0 Å². The number of aromatic nitrogens is 3. The lowest BCUT2D eigenvalue weighted by atomic mass is 10.6. The number of anilines is 2. The fourth-order valence-electron chi connectivity index (χ4n) is 0.743. The maximum atomic E-state index is 4.04. The maximum absolute atomic E-state index is 4.04. The Kier molecular flexibility index (Phi) is 2.15. The molecule has 0 spiro atoms. The van der Waals surface area contributed by atoms with E-state index in [4.69, 9.17) is 0 Å². The molecule has 6 nitrogen and oxygen atoms in total. The van der Waals surface area contributed by atoms with Crippen molar-refractivity contribution in [1.82, 2.24) is 15.1 Å². The van der Waals surface area contributed by atoms with E-state index in [2.05, 4.69) is 26.3 Å². The minimum atomic E-state index is 0.724. The van der Waals surface area contributed by atoms with Crippen molar-refractivity contribution in [2.45, 2.75) is 0 Å². The van der Waals surface area contributed by atoms with Crippen LogP contribution in [-0.2, 0) is 0 Å². The van der Waals surface area contributed by atoms with E-state index in [1.807, 2.05) is 0 Å². The fourth-order valence-corrected chi connectivity index (χ4v) is 0.743. The number of nitrogens with zero attached hydrogens (tertiary/aromatic N) is 3. The van der Waals surface area contributed by atoms with Crippen molar-refractivity contribution in [3.8, 4) is 0 Å². The van der Waals surface area contributed by atoms with Crippen LogP contribution >= 0.6 is 0 Å². The Morgan fingerprint density at radius 3 is 1.73 bits per heavy atom. The number of nitrogens with one attached hydrogen (secondary N) is 3. The van der Waals surface area contributed by atoms with Crippen molar-refractivity contribution >= 4 is 11.6 Å². The van der Waals surface area contributed by atoms with Crippen LogP contribution in [-0.4, -0.2) is 36.2 Å². The Morgan fingerprint density at radius 1 is 1.00 bits per heavy atom. The molecule has 0 saturated heterocycles. The van der Waals surface area contributed by atoms with Gasteiger partial charge in [-0.25, -0.2) is 0 Å². The van der Waals surface area contributed by atoms with Gasteiger partial charge in [0.15, 0.2) is 11.6 Å². The zero-order valence-electron chi connectivity index (χ0n) is 6.84. The molecule has 1 aromatic rings. The third-order valence-corrected chi connectivity index (χ3v) is 1.29. The van der Waals surface area contributed by atoms with Gasteiger partial charge in [0.2, 0.25) is 0 Å². The minimum Gasteiger partial charge on any atom is -0.368 e. The first-order valence-electron chi connectivity index (χ1n) is 3.32. The zero-order valence-corrected chi connectivity index (χ0v) is 6.84. The molecule has 1 heterocycles. The van der Waals surface area contributed by atoms with Crippen LogP contribution < -0.4 is 16.1 Å². The number of rotatable bonds is 3. The summed E-state index contributed by atoms with van der Waals surface area (Å²) in [4.78, 5) is 1.39. The summed E-state index contributed by atoms with van der Waals surface area (Å²) in [5.74, 6) is 1.45. The average Bonchev–Trinajstić information content (AvgIpc) is 2.46. The van der Waals surface area contributed by atoms with E-state index in [1.165, 1.54) is 4.91 Å². The zero-order chi connectivity index (χ0) is 8.27. The molecule has 1 rings (SSSR count). The van der Waals surface area contributed by atoms with Crippen molar-refractivity contribution in [2.75, 3.05) is 37.2 Å². The first-order chi connectivity index (χ1) is 5.31. The predicted octanol–water partition coefficient (Wildman–Crippen LogP) is -0.465. The van der Waals surface area contributed by atoms with Crippen molar-refractivity contribution in [1.29, 1.82) is 0 Å². The Labute approximate surface area is 64.9 Å². The fraction of sp³-hybridized carbons (Fsp3) is 0.600. The van der Waals surface area contributed by atoms with Gasteiger partial charge in [-0.05, 0) is 0 Å². The summed E-state index contributed by atoms with van der Waals surface area (Å²) in [6, 6.07) is 0. The van der Waals surface area contributed by atoms with Crippen LogP contribution in [0, 0.1) is 0 Å². The Hall–Kier alpha value is -1.46. The number of hydrogen-bond donors (Lipinski definition) is 3. The second-order valence-corrected chi connectivity index (χ2v) is 1.91. The van der Waals surface area contributed by atoms with Crippen molar-refractivity contribution < 1.29 is 0 Å². The van der Waals surface area contributed by atoms with E-state index >= 15 is 0 Å². The third kappa shape index (κ3) is 1.34. The largest absolute Gasteiger partial charge is 0.368 e. The molecule has 3 N–H and O–H groups in total. The summed E-state index contributed by atoms with van der Waals surface area (Å²) in [6.45, 7) is 0. The Morgan fingerprint density at radius 2 is 1.45 bits per heavy atom. The summed E-state index contributed by atoms with van der Waals surface area (Å²) in [6.07, 6.45) is 0. The van der Waals surface area contributed by atoms with Gasteiger partial charge in [-0.1, -0.05) is 4.91 Å². The first kappa shape index (κ1) is 7.64. The molecule has 0 amide bonds. The molecule has 0 bridgehead atoms. The minimum absolute atomic E-state index is 0.724. The van der Waals surface area contributed by atoms with E-state index in [-0.39, 0.29) is 0 Å². The van der Waals surface area contributed by atoms with Gasteiger partial charge in [0, 0.05) is 21.1 Å². The topological polar surface area (TPSA) is 66.8 Å². The van der Waals surface area contributed by atoms with E-state index in [1.54, 1.807) is 21.1 Å². The van der Waals surface area contributed by atoms with Gasteiger partial charge in [-0.15, -0.1) is 10.2 Å². The SMILES string of the molecule is CNc1nn(NC)nc1NC. The number of hydrogen-bond acceptors (Lipinski definition) is 5. The summed E-state index contributed by atoms with van der Waals surface area (Å²) in [5.41, 5.74) is 2.77. The third-order valence-electron chi connectivity index (χ3n) is 1.29. The summed E-state index contributed by atoms with van der Waals surface area (Å²) < 4.78 is 0. The van der Waals surface area contributed by atoms with E-state index in [0.29, 0.717) is 0 Å². The molecule has 62 valence electrons. The lowest BCUT2D eigenvalue weighted by Gasteiger charge is -1.94. The lowest BCUT2D eigenvalue weighted by Crippen LogP contribution is -2.12. The quantitative estimate of drug-likeness (QED) is 0.552. The standard InChI is InChI=1S/C5H12N6/c1-6-4-5(7-2)10-11(8-3)9-4/h8H,1-3H3,(H,6,9)(H,7,10). The van der Waals surface area contributed by atoms with Crippen LogP contribution in [0.2, 0.25) is 0 Å². The van der Waals surface area contributed by atoms with Crippen LogP contribution in [0.3, 0.4) is 0 Å². The second-order valence-electron chi connectivity index (χ2n) is 1.91. The van der Waals surface area contributed by atoms with Gasteiger partial charge in [0.25, 0.3) is 0 Å². The van der Waals surface area contributed by atoms with E-state index < -0.39 is 0 Å². The second kappa shape index (κ2) is 3.09. The van der Waals surface area contributed by atoms with E-state index in [0.717, 1.165) is 11.6 Å². The van der Waals surface area contributed by atoms with Gasteiger partial charge in [-0.2, -0.15) is 0 Å². The maximum Gasteiger partial charge on any atom is 0.194 e. The molecule has 1 aromatic heterocycles. The van der Waals surface area contributed by atoms with Crippen LogP contribution in [0.25, 0.3) is 0 Å². The van der Waals surface area contributed by atoms with Crippen LogP contribution in [0.15, 0.2) is 0 Å². The molecule has 0 saturated carbocycles. The molecule has 0 aliphatic heterocycles. The molecular weight excluding hydrogens is 144 g/mol. The van der Waals surface area contributed by atoms with Gasteiger partial charge in [-0.3, -0.25) is 5.43 Å². The molecule has 0 radical (unpaired) electrons. The van der Waals surface area contributed by atoms with Crippen LogP contribution in [0.1, 0.15) is 0 Å². The molecule has 0 atom stereocenters. The molecule has 0 aromatic carbocycles. The summed E-state index contributed by atoms with van der Waals surface area (Å²) >= 11 is 0. The molecular formula is C5H12N6. The molecule has 0 aliphatic rings. The predicted molar refractivity (Wildman–Crippen MR) is 44.4 cm³/mol. The van der Waals surface area contributed by atoms with Crippen molar-refractivity contribution in [3.05, 3.63) is 0 Å². The Balaban J connectivity index is 2.92. The summed E-state index contributed by atoms with van der Waals surface area (Å²) in [7, 11) is 5.34. The highest BCUT2D eigenvalue weighted by molar-refractivity contribution is 5.57.